The van der Waals surface area contributed by atoms with Crippen LogP contribution in [0.25, 0.3) is 6.08 Å². The van der Waals surface area contributed by atoms with Gasteiger partial charge in [-0.3, -0.25) is 9.69 Å². The lowest BCUT2D eigenvalue weighted by Crippen LogP contribution is -2.24. The number of aromatic hydroxyl groups is 1. The van der Waals surface area contributed by atoms with Crippen LogP contribution in [0, 0.1) is 5.82 Å². The van der Waals surface area contributed by atoms with Crippen LogP contribution in [0.4, 0.5) is 10.1 Å². The molecule has 3 rings (SSSR count). The van der Waals surface area contributed by atoms with Gasteiger partial charge in [-0.2, -0.15) is 0 Å². The van der Waals surface area contributed by atoms with Gasteiger partial charge in [-0.1, -0.05) is 23.7 Å². The van der Waals surface area contributed by atoms with E-state index in [0.29, 0.717) is 16.9 Å². The number of benzene rings is 2. The first-order valence-electron chi connectivity index (χ1n) is 7.93. The minimum absolute atomic E-state index is 0.0809. The number of allylic oxidation sites excluding steroid dienone is 1. The first-order valence-corrected chi connectivity index (χ1v) is 8.31. The lowest BCUT2D eigenvalue weighted by Gasteiger charge is -2.18. The Labute approximate surface area is 159 Å². The van der Waals surface area contributed by atoms with Crippen molar-refractivity contribution in [1.82, 2.24) is 0 Å². The molecule has 1 amide bonds. The van der Waals surface area contributed by atoms with Crippen LogP contribution in [0.2, 0.25) is 5.02 Å². The molecule has 1 N–H and O–H groups in total. The van der Waals surface area contributed by atoms with E-state index in [1.54, 1.807) is 19.1 Å². The molecule has 0 unspecified atom stereocenters. The van der Waals surface area contributed by atoms with Crippen LogP contribution in [0.1, 0.15) is 12.5 Å². The minimum atomic E-state index is -0.665. The lowest BCUT2D eigenvalue weighted by atomic mass is 10.0. The summed E-state index contributed by atoms with van der Waals surface area (Å²) in [4.78, 5) is 26.6. The van der Waals surface area contributed by atoms with Crippen molar-refractivity contribution in [3.05, 3.63) is 75.7 Å². The van der Waals surface area contributed by atoms with Gasteiger partial charge in [0.05, 0.1) is 29.0 Å². The zero-order chi connectivity index (χ0) is 19.7. The average Bonchev–Trinajstić information content (AvgIpc) is 2.89. The van der Waals surface area contributed by atoms with Crippen molar-refractivity contribution >= 4 is 35.2 Å². The number of phenolic OH excluding ortho intramolecular Hbond substituents is 1. The third-order valence-electron chi connectivity index (χ3n) is 4.16. The summed E-state index contributed by atoms with van der Waals surface area (Å²) >= 11 is 5.84. The first kappa shape index (κ1) is 18.7. The fraction of sp³-hybridized carbons (Fsp3) is 0.100. The number of nitrogens with zero attached hydrogens (tertiary/aromatic N) is 1. The molecule has 0 spiro atoms. The number of halogens is 2. The topological polar surface area (TPSA) is 66.8 Å². The Balaban J connectivity index is 2.14. The maximum absolute atomic E-state index is 13.5. The summed E-state index contributed by atoms with van der Waals surface area (Å²) in [7, 11) is 1.22. The highest BCUT2D eigenvalue weighted by molar-refractivity contribution is 6.31. The monoisotopic (exact) mass is 387 g/mol. The minimum Gasteiger partial charge on any atom is -0.508 e. The number of phenols is 1. The summed E-state index contributed by atoms with van der Waals surface area (Å²) in [6.07, 6.45) is 1.53. The zero-order valence-electron chi connectivity index (χ0n) is 14.5. The van der Waals surface area contributed by atoms with Crippen molar-refractivity contribution < 1.29 is 23.8 Å². The summed E-state index contributed by atoms with van der Waals surface area (Å²) < 4.78 is 18.3. The molecule has 0 saturated heterocycles. The Morgan fingerprint density at radius 3 is 2.48 bits per heavy atom. The standard InChI is InChI=1S/C20H15ClFNO4/c1-11-18(20(26)27-2)15(9-12-3-6-14(24)7-4-12)19(25)23(11)13-5-8-17(22)16(21)10-13/h3-10,24H,1-2H3/b15-9-. The van der Waals surface area contributed by atoms with Crippen LogP contribution in [0.15, 0.2) is 59.3 Å². The molecule has 2 aromatic rings. The molecule has 0 radical (unpaired) electrons. The van der Waals surface area contributed by atoms with Crippen molar-refractivity contribution in [2.24, 2.45) is 0 Å². The third kappa shape index (κ3) is 3.44. The number of rotatable bonds is 3. The van der Waals surface area contributed by atoms with Crippen molar-refractivity contribution in [3.8, 4) is 5.75 Å². The molecular weight excluding hydrogens is 373 g/mol. The molecular formula is C20H15ClFNO4. The van der Waals surface area contributed by atoms with Crippen molar-refractivity contribution in [1.29, 1.82) is 0 Å². The summed E-state index contributed by atoms with van der Waals surface area (Å²) in [5, 5.41) is 9.27. The van der Waals surface area contributed by atoms with Crippen LogP contribution in [-0.4, -0.2) is 24.1 Å². The summed E-state index contributed by atoms with van der Waals surface area (Å²) in [6.45, 7) is 1.60. The molecule has 1 heterocycles. The number of anilines is 1. The normalized spacial score (nSPS) is 15.6. The van der Waals surface area contributed by atoms with E-state index in [1.807, 2.05) is 0 Å². The molecule has 2 aromatic carbocycles. The highest BCUT2D eigenvalue weighted by atomic mass is 35.5. The predicted octanol–water partition coefficient (Wildman–Crippen LogP) is 4.06. The molecule has 0 atom stereocenters. The van der Waals surface area contributed by atoms with Gasteiger partial charge >= 0.3 is 5.97 Å². The number of methoxy groups -OCH3 is 1. The molecule has 0 fully saturated rings. The van der Waals surface area contributed by atoms with Gasteiger partial charge < -0.3 is 9.84 Å². The number of hydrogen-bond acceptors (Lipinski definition) is 4. The van der Waals surface area contributed by atoms with Crippen LogP contribution in [-0.2, 0) is 14.3 Å². The molecule has 0 aromatic heterocycles. The highest BCUT2D eigenvalue weighted by Gasteiger charge is 2.38. The Morgan fingerprint density at radius 1 is 1.22 bits per heavy atom. The Morgan fingerprint density at radius 2 is 1.89 bits per heavy atom. The van der Waals surface area contributed by atoms with Crippen LogP contribution in [0.5, 0.6) is 5.75 Å². The van der Waals surface area contributed by atoms with Gasteiger partial charge in [0.1, 0.15) is 11.6 Å². The fourth-order valence-electron chi connectivity index (χ4n) is 2.85. The lowest BCUT2D eigenvalue weighted by molar-refractivity contribution is -0.136. The first-order chi connectivity index (χ1) is 12.8. The van der Waals surface area contributed by atoms with E-state index in [0.717, 1.165) is 6.07 Å². The molecule has 1 aliphatic heterocycles. The largest absolute Gasteiger partial charge is 0.508 e. The molecule has 138 valence electrons. The molecule has 27 heavy (non-hydrogen) atoms. The average molecular weight is 388 g/mol. The number of ether oxygens (including phenoxy) is 1. The van der Waals surface area contributed by atoms with Gasteiger partial charge in [-0.05, 0) is 48.9 Å². The second-order valence-corrected chi connectivity index (χ2v) is 6.25. The second kappa shape index (κ2) is 7.25. The summed E-state index contributed by atoms with van der Waals surface area (Å²) in [5.41, 5.74) is 1.53. The van der Waals surface area contributed by atoms with E-state index in [2.05, 4.69) is 0 Å². The second-order valence-electron chi connectivity index (χ2n) is 5.84. The maximum Gasteiger partial charge on any atom is 0.340 e. The van der Waals surface area contributed by atoms with E-state index in [1.165, 1.54) is 42.4 Å². The maximum atomic E-state index is 13.5. The van der Waals surface area contributed by atoms with Gasteiger partial charge in [0.2, 0.25) is 0 Å². The van der Waals surface area contributed by atoms with Crippen molar-refractivity contribution in [2.45, 2.75) is 6.92 Å². The van der Waals surface area contributed by atoms with E-state index < -0.39 is 17.7 Å². The SMILES string of the molecule is COC(=O)C1=C(C)N(c2ccc(F)c(Cl)c2)C(=O)/C1=C\c1ccc(O)cc1. The Kier molecular flexibility index (Phi) is 5.01. The smallest absolute Gasteiger partial charge is 0.340 e. The van der Waals surface area contributed by atoms with Crippen LogP contribution >= 0.6 is 11.6 Å². The van der Waals surface area contributed by atoms with Gasteiger partial charge in [0.15, 0.2) is 0 Å². The van der Waals surface area contributed by atoms with Crippen LogP contribution in [0.3, 0.4) is 0 Å². The van der Waals surface area contributed by atoms with Crippen LogP contribution < -0.4 is 4.90 Å². The molecule has 1 aliphatic rings. The van der Waals surface area contributed by atoms with Gasteiger partial charge in [-0.25, -0.2) is 9.18 Å². The predicted molar refractivity (Wildman–Crippen MR) is 99.7 cm³/mol. The summed E-state index contributed by atoms with van der Waals surface area (Å²) in [6, 6.07) is 10.0. The Bertz CT molecular complexity index is 996. The van der Waals surface area contributed by atoms with Crippen molar-refractivity contribution in [3.63, 3.8) is 0 Å². The van der Waals surface area contributed by atoms with E-state index in [-0.39, 0.29) is 21.9 Å². The quantitative estimate of drug-likeness (QED) is 0.637. The third-order valence-corrected chi connectivity index (χ3v) is 4.44. The van der Waals surface area contributed by atoms with E-state index >= 15 is 0 Å². The van der Waals surface area contributed by atoms with E-state index in [9.17, 15) is 19.1 Å². The fourth-order valence-corrected chi connectivity index (χ4v) is 3.03. The molecule has 7 heteroatoms. The van der Waals surface area contributed by atoms with Gasteiger partial charge in [0.25, 0.3) is 5.91 Å². The summed E-state index contributed by atoms with van der Waals surface area (Å²) in [5.74, 6) is -1.66. The number of esters is 1. The molecule has 0 saturated carbocycles. The Hall–Kier alpha value is -3.12. The molecule has 0 aliphatic carbocycles. The van der Waals surface area contributed by atoms with E-state index in [4.69, 9.17) is 16.3 Å². The number of carbonyl (C=O) groups excluding carboxylic acids is 2. The molecule has 5 nitrogen and oxygen atoms in total. The van der Waals surface area contributed by atoms with Gasteiger partial charge in [-0.15, -0.1) is 0 Å². The zero-order valence-corrected chi connectivity index (χ0v) is 15.2. The highest BCUT2D eigenvalue weighted by Crippen LogP contribution is 2.36. The van der Waals surface area contributed by atoms with Crippen molar-refractivity contribution in [2.75, 3.05) is 12.0 Å². The number of hydrogen-bond donors (Lipinski definition) is 1. The number of carbonyl (C=O) groups is 2. The van der Waals surface area contributed by atoms with Gasteiger partial charge in [0, 0.05) is 5.70 Å². The number of amides is 1. The molecule has 0 bridgehead atoms.